The van der Waals surface area contributed by atoms with Crippen LogP contribution < -0.4 is 16.2 Å². The van der Waals surface area contributed by atoms with Crippen molar-refractivity contribution in [3.05, 3.63) is 40.3 Å². The van der Waals surface area contributed by atoms with Gasteiger partial charge in [0.1, 0.15) is 11.5 Å². The van der Waals surface area contributed by atoms with E-state index >= 15 is 0 Å². The minimum absolute atomic E-state index is 0.0231. The Kier molecular flexibility index (Phi) is 4.67. The number of anilines is 2. The van der Waals surface area contributed by atoms with Crippen LogP contribution in [0.25, 0.3) is 5.65 Å². The Bertz CT molecular complexity index is 1170. The second-order valence-electron chi connectivity index (χ2n) is 8.55. The van der Waals surface area contributed by atoms with Crippen LogP contribution in [-0.2, 0) is 6.54 Å². The van der Waals surface area contributed by atoms with Gasteiger partial charge in [0.05, 0.1) is 12.4 Å². The molecule has 1 amide bonds. The molecule has 0 radical (unpaired) electrons. The summed E-state index contributed by atoms with van der Waals surface area (Å²) in [6.07, 6.45) is 3.83. The number of carbonyl (C=O) groups excluding carboxylic acids is 1. The number of fused-ring (bicyclic) bond motifs is 1. The van der Waals surface area contributed by atoms with Crippen LogP contribution in [0.2, 0.25) is 0 Å². The van der Waals surface area contributed by atoms with Crippen molar-refractivity contribution in [2.75, 3.05) is 5.32 Å². The van der Waals surface area contributed by atoms with E-state index in [2.05, 4.69) is 25.7 Å². The fourth-order valence-corrected chi connectivity index (χ4v) is 3.04. The first-order valence-electron chi connectivity index (χ1n) is 9.53. The van der Waals surface area contributed by atoms with Crippen LogP contribution >= 0.6 is 0 Å². The summed E-state index contributed by atoms with van der Waals surface area (Å²) in [6.45, 7) is 6.23. The molecule has 0 saturated heterocycles. The lowest BCUT2D eigenvalue weighted by Crippen LogP contribution is -2.35. The molecule has 1 saturated carbocycles. The van der Waals surface area contributed by atoms with E-state index < -0.39 is 23.3 Å². The van der Waals surface area contributed by atoms with Crippen LogP contribution in [0.1, 0.15) is 44.0 Å². The summed E-state index contributed by atoms with van der Waals surface area (Å²) in [5, 5.41) is 20.6. The maximum atomic E-state index is 13.0. The summed E-state index contributed by atoms with van der Waals surface area (Å²) < 4.78 is 15.5. The van der Waals surface area contributed by atoms with Crippen molar-refractivity contribution in [3.8, 4) is 5.88 Å². The Morgan fingerprint density at radius 2 is 2.00 bits per heavy atom. The van der Waals surface area contributed by atoms with Crippen molar-refractivity contribution in [3.63, 3.8) is 0 Å². The highest BCUT2D eigenvalue weighted by Gasteiger charge is 2.30. The molecule has 30 heavy (non-hydrogen) atoms. The fraction of sp³-hybridized carbons (Fsp3) is 0.421. The van der Waals surface area contributed by atoms with Crippen LogP contribution in [0.3, 0.4) is 0 Å². The first-order chi connectivity index (χ1) is 14.1. The number of aromatic hydroxyl groups is 1. The quantitative estimate of drug-likeness (QED) is 0.580. The molecule has 3 aromatic rings. The number of aromatic nitrogens is 5. The molecule has 10 nitrogen and oxygen atoms in total. The number of nitrogens with one attached hydrogen (secondary N) is 2. The van der Waals surface area contributed by atoms with Crippen LogP contribution in [-0.4, -0.2) is 41.2 Å². The molecule has 11 heteroatoms. The summed E-state index contributed by atoms with van der Waals surface area (Å²) in [4.78, 5) is 33.0. The lowest BCUT2D eigenvalue weighted by Gasteiger charge is -2.23. The Labute approximate surface area is 170 Å². The molecular weight excluding hydrogens is 393 g/mol. The Hall–Kier alpha value is -3.50. The fourth-order valence-electron chi connectivity index (χ4n) is 3.04. The van der Waals surface area contributed by atoms with E-state index in [4.69, 9.17) is 0 Å². The monoisotopic (exact) mass is 415 g/mol. The van der Waals surface area contributed by atoms with Crippen molar-refractivity contribution in [2.45, 2.75) is 46.2 Å². The zero-order valence-electron chi connectivity index (χ0n) is 16.8. The number of carbonyl (C=O) groups is 1. The average Bonchev–Trinajstić information content (AvgIpc) is 3.36. The van der Waals surface area contributed by atoms with Crippen LogP contribution in [0, 0.1) is 11.4 Å². The first kappa shape index (κ1) is 19.8. The minimum atomic E-state index is -0.732. The van der Waals surface area contributed by atoms with Crippen molar-refractivity contribution in [2.24, 2.45) is 5.41 Å². The van der Waals surface area contributed by atoms with Gasteiger partial charge in [0, 0.05) is 18.7 Å². The molecule has 0 bridgehead atoms. The standard InChI is InChI=1S/C19H22FN7O3/c1-19(2,3)9-26-14-6-12(24-13-8-21-11(20)7-22-13)25-27(14)18(30)15(17(26)29)16(28)23-10-4-5-10/h6-8,10,29H,4-5,9H2,1-3H3,(H,23,28)(H,22,24,25). The SMILES string of the molecule is CC(C)(C)Cn1c(O)c(C(=O)NC2CC2)c(=O)n2nc(Nc3cnc(F)cn3)cc12. The number of nitrogens with zero attached hydrogens (tertiary/aromatic N) is 5. The van der Waals surface area contributed by atoms with Gasteiger partial charge in [-0.25, -0.2) is 9.97 Å². The van der Waals surface area contributed by atoms with Gasteiger partial charge < -0.3 is 15.7 Å². The summed E-state index contributed by atoms with van der Waals surface area (Å²) in [6, 6.07) is 1.57. The molecule has 3 heterocycles. The molecule has 158 valence electrons. The van der Waals surface area contributed by atoms with Gasteiger partial charge in [-0.3, -0.25) is 14.2 Å². The third-order valence-electron chi connectivity index (χ3n) is 4.50. The second-order valence-corrected chi connectivity index (χ2v) is 8.55. The minimum Gasteiger partial charge on any atom is -0.494 e. The van der Waals surface area contributed by atoms with E-state index in [0.717, 1.165) is 23.6 Å². The zero-order valence-corrected chi connectivity index (χ0v) is 16.8. The molecule has 3 aromatic heterocycles. The summed E-state index contributed by atoms with van der Waals surface area (Å²) in [5.41, 5.74) is -1.05. The van der Waals surface area contributed by atoms with Gasteiger partial charge in [0.15, 0.2) is 11.4 Å². The maximum absolute atomic E-state index is 13.0. The van der Waals surface area contributed by atoms with Gasteiger partial charge in [-0.1, -0.05) is 20.8 Å². The van der Waals surface area contributed by atoms with Gasteiger partial charge in [0.25, 0.3) is 11.5 Å². The lowest BCUT2D eigenvalue weighted by atomic mass is 9.96. The van der Waals surface area contributed by atoms with Crippen LogP contribution in [0.4, 0.5) is 16.0 Å². The van der Waals surface area contributed by atoms with Gasteiger partial charge in [0.2, 0.25) is 11.8 Å². The third kappa shape index (κ3) is 3.95. The van der Waals surface area contributed by atoms with Crippen molar-refractivity contribution in [1.82, 2.24) is 29.5 Å². The average molecular weight is 415 g/mol. The zero-order chi connectivity index (χ0) is 21.6. The van der Waals surface area contributed by atoms with E-state index in [1.165, 1.54) is 10.8 Å². The molecule has 0 spiro atoms. The summed E-state index contributed by atoms with van der Waals surface area (Å²) in [5.74, 6) is -1.30. The number of halogens is 1. The van der Waals surface area contributed by atoms with E-state index in [0.29, 0.717) is 12.2 Å². The molecule has 0 aromatic carbocycles. The topological polar surface area (TPSA) is 126 Å². The van der Waals surface area contributed by atoms with E-state index in [1.807, 2.05) is 20.8 Å². The van der Waals surface area contributed by atoms with Gasteiger partial charge in [-0.15, -0.1) is 5.10 Å². The predicted octanol–water partition coefficient (Wildman–Crippen LogP) is 1.81. The van der Waals surface area contributed by atoms with Crippen molar-refractivity contribution < 1.29 is 14.3 Å². The molecule has 1 fully saturated rings. The highest BCUT2D eigenvalue weighted by molar-refractivity contribution is 5.96. The Morgan fingerprint density at radius 1 is 1.27 bits per heavy atom. The normalized spacial score (nSPS) is 14.1. The molecular formula is C19H22FN7O3. The van der Waals surface area contributed by atoms with Gasteiger partial charge in [-0.2, -0.15) is 8.91 Å². The van der Waals surface area contributed by atoms with Crippen LogP contribution in [0.5, 0.6) is 5.88 Å². The summed E-state index contributed by atoms with van der Waals surface area (Å²) in [7, 11) is 0. The molecule has 3 N–H and O–H groups in total. The molecule has 0 atom stereocenters. The van der Waals surface area contributed by atoms with E-state index in [1.54, 1.807) is 6.07 Å². The van der Waals surface area contributed by atoms with Crippen molar-refractivity contribution >= 4 is 23.2 Å². The largest absolute Gasteiger partial charge is 0.494 e. The summed E-state index contributed by atoms with van der Waals surface area (Å²) >= 11 is 0. The number of hydrogen-bond acceptors (Lipinski definition) is 7. The highest BCUT2D eigenvalue weighted by atomic mass is 19.1. The van der Waals surface area contributed by atoms with E-state index in [9.17, 15) is 19.1 Å². The Morgan fingerprint density at radius 3 is 2.60 bits per heavy atom. The lowest BCUT2D eigenvalue weighted by molar-refractivity contribution is 0.0944. The smallest absolute Gasteiger partial charge is 0.291 e. The number of amides is 1. The van der Waals surface area contributed by atoms with Crippen LogP contribution in [0.15, 0.2) is 23.3 Å². The maximum Gasteiger partial charge on any atom is 0.291 e. The number of hydrogen-bond donors (Lipinski definition) is 3. The van der Waals surface area contributed by atoms with Gasteiger partial charge in [-0.05, 0) is 18.3 Å². The second kappa shape index (κ2) is 7.08. The highest BCUT2D eigenvalue weighted by Crippen LogP contribution is 2.27. The predicted molar refractivity (Wildman–Crippen MR) is 106 cm³/mol. The van der Waals surface area contributed by atoms with Crippen molar-refractivity contribution in [1.29, 1.82) is 0 Å². The Balaban J connectivity index is 1.83. The molecule has 1 aliphatic carbocycles. The third-order valence-corrected chi connectivity index (χ3v) is 4.50. The molecule has 0 aliphatic heterocycles. The van der Waals surface area contributed by atoms with E-state index in [-0.39, 0.29) is 28.7 Å². The molecule has 4 rings (SSSR count). The molecule has 1 aliphatic rings. The first-order valence-corrected chi connectivity index (χ1v) is 9.53. The van der Waals surface area contributed by atoms with Gasteiger partial charge >= 0.3 is 0 Å². The molecule has 0 unspecified atom stereocenters. The number of rotatable bonds is 5.